The third kappa shape index (κ3) is 7.47. The molecular formula is C24H23ClN3NaO4. The van der Waals surface area contributed by atoms with Crippen molar-refractivity contribution in [3.8, 4) is 0 Å². The molecule has 3 rings (SSSR count). The van der Waals surface area contributed by atoms with E-state index >= 15 is 0 Å². The number of urea groups is 1. The van der Waals surface area contributed by atoms with Crippen molar-refractivity contribution >= 4 is 29.3 Å². The molecule has 2 aromatic carbocycles. The number of aromatic nitrogens is 1. The van der Waals surface area contributed by atoms with E-state index < -0.39 is 30.0 Å². The van der Waals surface area contributed by atoms with E-state index in [0.29, 0.717) is 10.6 Å². The van der Waals surface area contributed by atoms with Gasteiger partial charge in [-0.15, -0.1) is 0 Å². The third-order valence-electron chi connectivity index (χ3n) is 4.93. The second kappa shape index (κ2) is 12.0. The van der Waals surface area contributed by atoms with E-state index in [2.05, 4.69) is 10.6 Å². The summed E-state index contributed by atoms with van der Waals surface area (Å²) in [6.07, 6.45) is 1.28. The minimum Gasteiger partial charge on any atom is -0.550 e. The Morgan fingerprint density at radius 2 is 1.73 bits per heavy atom. The number of carbonyl (C=O) groups is 2. The second-order valence-electron chi connectivity index (χ2n) is 7.59. The molecule has 0 fully saturated rings. The molecule has 2 amide bonds. The van der Waals surface area contributed by atoms with E-state index in [1.54, 1.807) is 43.5 Å². The molecular weight excluding hydrogens is 453 g/mol. The fraction of sp³-hybridized carbons (Fsp3) is 0.208. The van der Waals surface area contributed by atoms with Gasteiger partial charge in [0.25, 0.3) is 5.56 Å². The molecule has 2 N–H and O–H groups in total. The Hall–Kier alpha value is -2.58. The van der Waals surface area contributed by atoms with E-state index in [1.807, 2.05) is 31.2 Å². The summed E-state index contributed by atoms with van der Waals surface area (Å²) in [7, 11) is 0. The number of hydrogen-bond acceptors (Lipinski definition) is 4. The summed E-state index contributed by atoms with van der Waals surface area (Å²) in [5, 5.41) is 16.9. The Balaban J connectivity index is 0.00000385. The average molecular weight is 476 g/mol. The van der Waals surface area contributed by atoms with Crippen molar-refractivity contribution in [1.82, 2.24) is 9.88 Å². The molecule has 0 aliphatic rings. The summed E-state index contributed by atoms with van der Waals surface area (Å²) in [6, 6.07) is 14.4. The van der Waals surface area contributed by atoms with E-state index in [1.165, 1.54) is 4.57 Å². The van der Waals surface area contributed by atoms with Crippen LogP contribution >= 0.6 is 11.6 Å². The number of benzene rings is 2. The Morgan fingerprint density at radius 1 is 1.06 bits per heavy atom. The van der Waals surface area contributed by atoms with E-state index in [0.717, 1.165) is 16.7 Å². The molecule has 0 aliphatic carbocycles. The minimum absolute atomic E-state index is 0. The van der Waals surface area contributed by atoms with Crippen molar-refractivity contribution < 1.29 is 44.3 Å². The van der Waals surface area contributed by atoms with Gasteiger partial charge in [-0.05, 0) is 42.7 Å². The van der Waals surface area contributed by atoms with Gasteiger partial charge in [-0.2, -0.15) is 0 Å². The Kier molecular flexibility index (Phi) is 9.73. The van der Waals surface area contributed by atoms with Crippen LogP contribution in [-0.4, -0.2) is 16.6 Å². The predicted octanol–water partition coefficient (Wildman–Crippen LogP) is 0.174. The summed E-state index contributed by atoms with van der Waals surface area (Å²) in [6.45, 7) is 3.95. The molecule has 3 aromatic rings. The normalized spacial score (nSPS) is 11.2. The fourth-order valence-electron chi connectivity index (χ4n) is 3.34. The number of amides is 2. The smallest absolute Gasteiger partial charge is 0.550 e. The average Bonchev–Trinajstić information content (AvgIpc) is 2.72. The largest absolute Gasteiger partial charge is 1.00 e. The van der Waals surface area contributed by atoms with E-state index in [9.17, 15) is 19.5 Å². The standard InChI is InChI=1S/C24H24ClN3O4.Na/c1-15-7-9-17(10-8-15)20(12-22(29)30)26-24(32)27-21-11-16(2)13-28(23(21)31)14-18-5-3-4-6-19(18)25;/h3-11,13,20H,12,14H2,1-2H3,(H,29,30)(H2,26,27,32);/q;+1/p-1/t20-;/m0./s1. The van der Waals surface area contributed by atoms with Crippen LogP contribution in [0.2, 0.25) is 5.02 Å². The van der Waals surface area contributed by atoms with Gasteiger partial charge in [-0.1, -0.05) is 59.6 Å². The van der Waals surface area contributed by atoms with Crippen LogP contribution < -0.4 is 50.9 Å². The summed E-state index contributed by atoms with van der Waals surface area (Å²) in [4.78, 5) is 36.7. The number of carboxylic acids is 1. The second-order valence-corrected chi connectivity index (χ2v) is 8.00. The minimum atomic E-state index is -1.30. The molecule has 0 spiro atoms. The van der Waals surface area contributed by atoms with Gasteiger partial charge >= 0.3 is 35.6 Å². The number of carbonyl (C=O) groups excluding carboxylic acids is 2. The number of anilines is 1. The van der Waals surface area contributed by atoms with Gasteiger partial charge in [0.1, 0.15) is 5.69 Å². The molecule has 0 saturated carbocycles. The molecule has 166 valence electrons. The zero-order valence-corrected chi connectivity index (χ0v) is 21.5. The number of rotatable bonds is 7. The van der Waals surface area contributed by atoms with E-state index in [4.69, 9.17) is 11.6 Å². The Labute approximate surface area is 219 Å². The fourth-order valence-corrected chi connectivity index (χ4v) is 3.53. The van der Waals surface area contributed by atoms with Crippen molar-refractivity contribution in [1.29, 1.82) is 0 Å². The van der Waals surface area contributed by atoms with Crippen LogP contribution in [-0.2, 0) is 11.3 Å². The van der Waals surface area contributed by atoms with Crippen molar-refractivity contribution in [2.45, 2.75) is 32.9 Å². The number of carboxylic acid groups (broad SMARTS) is 1. The molecule has 0 unspecified atom stereocenters. The number of aliphatic carboxylic acids is 1. The van der Waals surface area contributed by atoms with Crippen LogP contribution in [0.25, 0.3) is 0 Å². The first kappa shape index (κ1) is 26.7. The van der Waals surface area contributed by atoms with Crippen molar-refractivity contribution in [2.24, 2.45) is 0 Å². The number of nitrogens with one attached hydrogen (secondary N) is 2. The molecule has 0 bridgehead atoms. The summed E-state index contributed by atoms with van der Waals surface area (Å²) >= 11 is 6.21. The van der Waals surface area contributed by atoms with Crippen molar-refractivity contribution in [3.63, 3.8) is 0 Å². The molecule has 0 saturated heterocycles. The number of nitrogens with zero attached hydrogens (tertiary/aromatic N) is 1. The van der Waals surface area contributed by atoms with Crippen LogP contribution in [0.3, 0.4) is 0 Å². The molecule has 33 heavy (non-hydrogen) atoms. The SMILES string of the molecule is Cc1ccc([C@H](CC(=O)[O-])NC(=O)Nc2cc(C)cn(Cc3ccccc3Cl)c2=O)cc1.[Na+]. The number of pyridine rings is 1. The van der Waals surface area contributed by atoms with Gasteiger partial charge in [-0.3, -0.25) is 4.79 Å². The molecule has 1 atom stereocenters. The maximum atomic E-state index is 12.9. The first-order chi connectivity index (χ1) is 15.2. The van der Waals surface area contributed by atoms with Crippen molar-refractivity contribution in [2.75, 3.05) is 5.32 Å². The quantitative estimate of drug-likeness (QED) is 0.475. The maximum absolute atomic E-state index is 12.9. The Morgan fingerprint density at radius 3 is 2.36 bits per heavy atom. The van der Waals surface area contributed by atoms with Gasteiger partial charge in [0.2, 0.25) is 0 Å². The maximum Gasteiger partial charge on any atom is 1.00 e. The summed E-state index contributed by atoms with van der Waals surface area (Å²) in [5.41, 5.74) is 2.82. The molecule has 0 radical (unpaired) electrons. The molecule has 7 nitrogen and oxygen atoms in total. The summed E-state index contributed by atoms with van der Waals surface area (Å²) in [5.74, 6) is -1.30. The first-order valence-corrected chi connectivity index (χ1v) is 10.4. The predicted molar refractivity (Wildman–Crippen MR) is 122 cm³/mol. The summed E-state index contributed by atoms with van der Waals surface area (Å²) < 4.78 is 1.46. The number of halogens is 1. The number of hydrogen-bond donors (Lipinski definition) is 2. The van der Waals surface area contributed by atoms with Gasteiger partial charge in [0.15, 0.2) is 0 Å². The molecule has 1 aromatic heterocycles. The van der Waals surface area contributed by atoms with Crippen LogP contribution in [0, 0.1) is 13.8 Å². The van der Waals surface area contributed by atoms with Crippen molar-refractivity contribution in [3.05, 3.63) is 98.4 Å². The van der Waals surface area contributed by atoms with Gasteiger partial charge in [-0.25, -0.2) is 4.79 Å². The van der Waals surface area contributed by atoms with Crippen LogP contribution in [0.5, 0.6) is 0 Å². The number of aryl methyl sites for hydroxylation is 2. The third-order valence-corrected chi connectivity index (χ3v) is 5.29. The topological polar surface area (TPSA) is 103 Å². The van der Waals surface area contributed by atoms with Crippen LogP contribution in [0.15, 0.2) is 65.6 Å². The van der Waals surface area contributed by atoms with E-state index in [-0.39, 0.29) is 41.8 Å². The first-order valence-electron chi connectivity index (χ1n) is 10.0. The zero-order chi connectivity index (χ0) is 23.3. The molecule has 0 aliphatic heterocycles. The van der Waals surface area contributed by atoms with Gasteiger partial charge in [0, 0.05) is 23.6 Å². The monoisotopic (exact) mass is 475 g/mol. The molecule has 1 heterocycles. The zero-order valence-electron chi connectivity index (χ0n) is 18.7. The van der Waals surface area contributed by atoms with Gasteiger partial charge < -0.3 is 25.1 Å². The van der Waals surface area contributed by atoms with Crippen LogP contribution in [0.1, 0.15) is 34.7 Å². The Bertz CT molecular complexity index is 1200. The van der Waals surface area contributed by atoms with Crippen LogP contribution in [0.4, 0.5) is 10.5 Å². The van der Waals surface area contributed by atoms with Gasteiger partial charge in [0.05, 0.1) is 12.6 Å². The molecule has 9 heteroatoms.